The van der Waals surface area contributed by atoms with Crippen molar-refractivity contribution in [1.82, 2.24) is 3.97 Å². The molecule has 120 valence electrons. The highest BCUT2D eigenvalue weighted by atomic mass is 32.2. The summed E-state index contributed by atoms with van der Waals surface area (Å²) in [5, 5.41) is 0. The van der Waals surface area contributed by atoms with Gasteiger partial charge in [-0.2, -0.15) is 3.97 Å². The fourth-order valence-electron chi connectivity index (χ4n) is 2.94. The minimum atomic E-state index is -3.82. The predicted octanol–water partition coefficient (Wildman–Crippen LogP) is 2.74. The highest BCUT2D eigenvalue weighted by Gasteiger charge is 2.33. The van der Waals surface area contributed by atoms with E-state index in [0.717, 1.165) is 9.54 Å². The summed E-state index contributed by atoms with van der Waals surface area (Å²) in [7, 11) is -2.24. The van der Waals surface area contributed by atoms with Crippen LogP contribution in [0.3, 0.4) is 0 Å². The third-order valence-corrected chi connectivity index (χ3v) is 5.86. The van der Waals surface area contributed by atoms with Crippen LogP contribution in [0.4, 0.5) is 0 Å². The Morgan fingerprint density at radius 2 is 1.62 bits per heavy atom. The second-order valence-corrected chi connectivity index (χ2v) is 7.22. The summed E-state index contributed by atoms with van der Waals surface area (Å²) in [5.41, 5.74) is 1.86. The first kappa shape index (κ1) is 14.7. The van der Waals surface area contributed by atoms with Gasteiger partial charge in [0, 0.05) is 11.6 Å². The quantitative estimate of drug-likeness (QED) is 0.563. The van der Waals surface area contributed by atoms with Crippen molar-refractivity contribution >= 4 is 10.0 Å². The molecule has 2 aromatic carbocycles. The summed E-state index contributed by atoms with van der Waals surface area (Å²) >= 11 is 0. The molecule has 0 unspecified atom stereocenters. The van der Waals surface area contributed by atoms with Gasteiger partial charge in [0.25, 0.3) is 15.6 Å². The van der Waals surface area contributed by atoms with E-state index >= 15 is 0 Å². The maximum absolute atomic E-state index is 12.6. The molecule has 0 aliphatic carbocycles. The van der Waals surface area contributed by atoms with Crippen molar-refractivity contribution in [2.24, 2.45) is 0 Å². The Morgan fingerprint density at radius 3 is 2.33 bits per heavy atom. The van der Waals surface area contributed by atoms with Crippen molar-refractivity contribution in [2.75, 3.05) is 7.11 Å². The number of rotatable bonds is 2. The van der Waals surface area contributed by atoms with Gasteiger partial charge in [-0.05, 0) is 35.4 Å². The van der Waals surface area contributed by atoms with Crippen LogP contribution in [0, 0.1) is 0 Å². The lowest BCUT2D eigenvalue weighted by Crippen LogP contribution is -2.24. The topological polar surface area (TPSA) is 65.4 Å². The van der Waals surface area contributed by atoms with Gasteiger partial charge in [0.2, 0.25) is 0 Å². The Balaban J connectivity index is 1.98. The van der Waals surface area contributed by atoms with Gasteiger partial charge in [0.15, 0.2) is 0 Å². The summed E-state index contributed by atoms with van der Waals surface area (Å²) < 4.78 is 31.1. The Morgan fingerprint density at radius 1 is 0.917 bits per heavy atom. The molecule has 0 radical (unpaired) electrons. The number of fused-ring (bicyclic) bond motifs is 3. The molecule has 0 N–H and O–H groups in total. The first-order chi connectivity index (χ1) is 11.5. The molecule has 2 heterocycles. The SMILES string of the molecule is COc1ccc(-c2cc3n(c(=O)c2)S(=O)(=O)c2ccccc2-3)cc1. The molecule has 6 heteroatoms. The van der Waals surface area contributed by atoms with E-state index in [9.17, 15) is 13.2 Å². The Bertz CT molecular complexity index is 1110. The molecule has 1 aliphatic heterocycles. The fourth-order valence-corrected chi connectivity index (χ4v) is 4.54. The third kappa shape index (κ3) is 2.00. The van der Waals surface area contributed by atoms with Crippen molar-refractivity contribution in [1.29, 1.82) is 0 Å². The van der Waals surface area contributed by atoms with Crippen LogP contribution >= 0.6 is 0 Å². The van der Waals surface area contributed by atoms with Crippen molar-refractivity contribution in [3.63, 3.8) is 0 Å². The molecule has 24 heavy (non-hydrogen) atoms. The smallest absolute Gasteiger partial charge is 0.271 e. The standard InChI is InChI=1S/C18H13NO4S/c1-23-14-8-6-12(7-9-14)13-10-16-15-4-2-3-5-17(15)24(21,22)19(16)18(20)11-13/h2-11H,1H3. The maximum Gasteiger partial charge on any atom is 0.271 e. The van der Waals surface area contributed by atoms with E-state index in [-0.39, 0.29) is 4.90 Å². The molecule has 0 saturated heterocycles. The number of hydrogen-bond donors (Lipinski definition) is 0. The molecule has 5 nitrogen and oxygen atoms in total. The summed E-state index contributed by atoms with van der Waals surface area (Å²) in [6, 6.07) is 17.0. The predicted molar refractivity (Wildman–Crippen MR) is 90.7 cm³/mol. The van der Waals surface area contributed by atoms with Crippen LogP contribution < -0.4 is 10.3 Å². The van der Waals surface area contributed by atoms with Crippen molar-refractivity contribution < 1.29 is 13.2 Å². The Labute approximate surface area is 138 Å². The van der Waals surface area contributed by atoms with Crippen LogP contribution in [0.1, 0.15) is 0 Å². The minimum absolute atomic E-state index is 0.161. The van der Waals surface area contributed by atoms with Gasteiger partial charge in [-0.3, -0.25) is 4.79 Å². The van der Waals surface area contributed by atoms with Gasteiger partial charge in [-0.25, -0.2) is 8.42 Å². The van der Waals surface area contributed by atoms with Gasteiger partial charge in [0.05, 0.1) is 17.7 Å². The number of nitrogens with zero attached hydrogens (tertiary/aromatic N) is 1. The highest BCUT2D eigenvalue weighted by molar-refractivity contribution is 7.90. The summed E-state index contributed by atoms with van der Waals surface area (Å²) in [6.45, 7) is 0. The molecule has 0 fully saturated rings. The average Bonchev–Trinajstić information content (AvgIpc) is 2.83. The van der Waals surface area contributed by atoms with Crippen LogP contribution in [0.5, 0.6) is 5.75 Å². The molecule has 3 aromatic rings. The average molecular weight is 339 g/mol. The van der Waals surface area contributed by atoms with Crippen LogP contribution in [-0.2, 0) is 10.0 Å². The minimum Gasteiger partial charge on any atom is -0.497 e. The van der Waals surface area contributed by atoms with Crippen LogP contribution in [0.15, 0.2) is 70.4 Å². The molecular formula is C18H13NO4S. The van der Waals surface area contributed by atoms with E-state index in [4.69, 9.17) is 4.74 Å². The Hall–Kier alpha value is -2.86. The van der Waals surface area contributed by atoms with Crippen LogP contribution in [0.2, 0.25) is 0 Å². The van der Waals surface area contributed by atoms with E-state index in [1.54, 1.807) is 43.5 Å². The molecule has 0 bridgehead atoms. The van der Waals surface area contributed by atoms with Crippen molar-refractivity contribution in [3.05, 3.63) is 71.0 Å². The number of ether oxygens (including phenoxy) is 1. The lowest BCUT2D eigenvalue weighted by molar-refractivity contribution is 0.415. The molecule has 0 spiro atoms. The van der Waals surface area contributed by atoms with Gasteiger partial charge < -0.3 is 4.74 Å². The zero-order valence-electron chi connectivity index (χ0n) is 12.8. The van der Waals surface area contributed by atoms with Gasteiger partial charge in [0.1, 0.15) is 5.75 Å². The number of hydrogen-bond acceptors (Lipinski definition) is 4. The molecule has 1 aromatic heterocycles. The summed E-state index contributed by atoms with van der Waals surface area (Å²) in [6.07, 6.45) is 0. The first-order valence-electron chi connectivity index (χ1n) is 7.29. The van der Waals surface area contributed by atoms with Crippen LogP contribution in [-0.4, -0.2) is 19.5 Å². The second-order valence-electron chi connectivity index (χ2n) is 5.46. The van der Waals surface area contributed by atoms with E-state index in [0.29, 0.717) is 22.6 Å². The van der Waals surface area contributed by atoms with Crippen molar-refractivity contribution in [3.8, 4) is 28.1 Å². The van der Waals surface area contributed by atoms with E-state index in [1.165, 1.54) is 12.1 Å². The summed E-state index contributed by atoms with van der Waals surface area (Å²) in [5.74, 6) is 0.713. The van der Waals surface area contributed by atoms with Gasteiger partial charge in [-0.15, -0.1) is 0 Å². The lowest BCUT2D eigenvalue weighted by atomic mass is 10.0. The molecule has 4 rings (SSSR count). The zero-order chi connectivity index (χ0) is 16.9. The monoisotopic (exact) mass is 339 g/mol. The van der Waals surface area contributed by atoms with Gasteiger partial charge >= 0.3 is 0 Å². The molecular weight excluding hydrogens is 326 g/mol. The Kier molecular flexibility index (Phi) is 3.11. The number of benzene rings is 2. The van der Waals surface area contributed by atoms with E-state index < -0.39 is 15.6 Å². The van der Waals surface area contributed by atoms with E-state index in [1.807, 2.05) is 12.1 Å². The maximum atomic E-state index is 12.6. The lowest BCUT2D eigenvalue weighted by Gasteiger charge is -2.07. The van der Waals surface area contributed by atoms with E-state index in [2.05, 4.69) is 0 Å². The molecule has 0 atom stereocenters. The molecule has 0 amide bonds. The number of pyridine rings is 1. The summed E-state index contributed by atoms with van der Waals surface area (Å²) in [4.78, 5) is 12.6. The molecule has 0 saturated carbocycles. The molecule has 1 aliphatic rings. The highest BCUT2D eigenvalue weighted by Crippen LogP contribution is 2.37. The van der Waals surface area contributed by atoms with Crippen LogP contribution in [0.25, 0.3) is 22.4 Å². The van der Waals surface area contributed by atoms with Gasteiger partial charge in [-0.1, -0.05) is 30.3 Å². The third-order valence-electron chi connectivity index (χ3n) is 4.09. The number of aromatic nitrogens is 1. The fraction of sp³-hybridized carbons (Fsp3) is 0.0556. The second kappa shape index (κ2) is 5.07. The normalized spacial score (nSPS) is 14.0. The largest absolute Gasteiger partial charge is 0.497 e. The van der Waals surface area contributed by atoms with Crippen molar-refractivity contribution in [2.45, 2.75) is 4.90 Å². The first-order valence-corrected chi connectivity index (χ1v) is 8.73. The zero-order valence-corrected chi connectivity index (χ0v) is 13.6. The number of methoxy groups -OCH3 is 1.